The van der Waals surface area contributed by atoms with Gasteiger partial charge in [0.05, 0.1) is 10.6 Å². The van der Waals surface area contributed by atoms with Crippen molar-refractivity contribution >= 4 is 40.7 Å². The molecule has 0 radical (unpaired) electrons. The smallest absolute Gasteiger partial charge is 0.289 e. The van der Waals surface area contributed by atoms with Crippen LogP contribution in [-0.4, -0.2) is 10.8 Å². The summed E-state index contributed by atoms with van der Waals surface area (Å²) < 4.78 is 37.5. The van der Waals surface area contributed by atoms with Crippen molar-refractivity contribution in [3.63, 3.8) is 0 Å². The van der Waals surface area contributed by atoms with Gasteiger partial charge in [0, 0.05) is 16.8 Å². The molecule has 0 unspecified atom stereocenters. The third-order valence-corrected chi connectivity index (χ3v) is 4.14. The predicted octanol–water partition coefficient (Wildman–Crippen LogP) is 5.90. The molecule has 2 rings (SSSR count). The molecule has 2 aromatic rings. The Morgan fingerprint density at radius 1 is 1.17 bits per heavy atom. The van der Waals surface area contributed by atoms with Crippen LogP contribution in [-0.2, 0) is 6.18 Å². The van der Waals surface area contributed by atoms with Gasteiger partial charge in [-0.1, -0.05) is 35.0 Å². The summed E-state index contributed by atoms with van der Waals surface area (Å²) in [7, 11) is 0. The molecule has 8 heteroatoms. The molecule has 0 aliphatic rings. The summed E-state index contributed by atoms with van der Waals surface area (Å²) in [4.78, 5) is 15.5. The molecule has 23 heavy (non-hydrogen) atoms. The minimum Gasteiger partial charge on any atom is -0.289 e. The number of ketones is 1. The first kappa shape index (κ1) is 17.8. The quantitative estimate of drug-likeness (QED) is 0.377. The van der Waals surface area contributed by atoms with Gasteiger partial charge in [0.15, 0.2) is 5.78 Å². The van der Waals surface area contributed by atoms with Crippen molar-refractivity contribution in [3.05, 3.63) is 69.2 Å². The van der Waals surface area contributed by atoms with Gasteiger partial charge in [0.2, 0.25) is 0 Å². The van der Waals surface area contributed by atoms with E-state index in [0.717, 1.165) is 17.8 Å². The number of carbonyl (C=O) groups excluding carboxylic acids is 1. The van der Waals surface area contributed by atoms with Crippen LogP contribution in [0.5, 0.6) is 0 Å². The van der Waals surface area contributed by atoms with Crippen LogP contribution in [0.4, 0.5) is 13.2 Å². The third-order valence-electron chi connectivity index (χ3n) is 2.66. The molecule has 0 saturated carbocycles. The second-order valence-electron chi connectivity index (χ2n) is 4.30. The molecule has 0 N–H and O–H groups in total. The van der Waals surface area contributed by atoms with Crippen LogP contribution >= 0.6 is 35.0 Å². The number of carbonyl (C=O) groups is 1. The molecule has 0 fully saturated rings. The average Bonchev–Trinajstić information content (AvgIpc) is 2.48. The zero-order chi connectivity index (χ0) is 17.0. The molecule has 0 aliphatic carbocycles. The van der Waals surface area contributed by atoms with E-state index in [1.54, 1.807) is 24.3 Å². The monoisotopic (exact) mass is 377 g/mol. The van der Waals surface area contributed by atoms with Crippen molar-refractivity contribution < 1.29 is 18.0 Å². The van der Waals surface area contributed by atoms with E-state index in [0.29, 0.717) is 16.8 Å². The molecule has 0 bridgehead atoms. The number of hydrogen-bond donors (Lipinski definition) is 0. The number of aromatic nitrogens is 1. The highest BCUT2D eigenvalue weighted by molar-refractivity contribution is 8.02. The van der Waals surface area contributed by atoms with Crippen molar-refractivity contribution in [1.82, 2.24) is 4.98 Å². The van der Waals surface area contributed by atoms with Crippen LogP contribution in [0.3, 0.4) is 0 Å². The molecule has 1 heterocycles. The lowest BCUT2D eigenvalue weighted by atomic mass is 10.1. The summed E-state index contributed by atoms with van der Waals surface area (Å²) in [6.07, 6.45) is -2.52. The van der Waals surface area contributed by atoms with Crippen molar-refractivity contribution in [1.29, 1.82) is 0 Å². The number of nitrogens with zero attached hydrogens (tertiary/aromatic N) is 1. The van der Waals surface area contributed by atoms with Gasteiger partial charge in [-0.25, -0.2) is 4.98 Å². The maximum absolute atomic E-state index is 12.5. The summed E-state index contributed by atoms with van der Waals surface area (Å²) in [5.74, 6) is -0.266. The van der Waals surface area contributed by atoms with Crippen LogP contribution in [0, 0.1) is 0 Å². The summed E-state index contributed by atoms with van der Waals surface area (Å²) in [5, 5.41) is 1.98. The summed E-state index contributed by atoms with van der Waals surface area (Å²) >= 11 is 12.4. The molecule has 0 atom stereocenters. The lowest BCUT2D eigenvalue weighted by molar-refractivity contribution is -0.137. The number of hydrogen-bond acceptors (Lipinski definition) is 3. The summed E-state index contributed by atoms with van der Waals surface area (Å²) in [6, 6.07) is 7.12. The van der Waals surface area contributed by atoms with Crippen molar-refractivity contribution in [2.24, 2.45) is 0 Å². The normalized spacial score (nSPS) is 11.9. The first-order chi connectivity index (χ1) is 10.8. The predicted molar refractivity (Wildman–Crippen MR) is 85.0 cm³/mol. The minimum atomic E-state index is -4.50. The topological polar surface area (TPSA) is 30.0 Å². The zero-order valence-electron chi connectivity index (χ0n) is 11.3. The van der Waals surface area contributed by atoms with Gasteiger partial charge in [-0.15, -0.1) is 0 Å². The molecule has 0 spiro atoms. The summed E-state index contributed by atoms with van der Waals surface area (Å²) in [5.41, 5.74) is -0.481. The van der Waals surface area contributed by atoms with E-state index in [-0.39, 0.29) is 15.8 Å². The number of allylic oxidation sites excluding steroid dienone is 1. The van der Waals surface area contributed by atoms with Crippen molar-refractivity contribution in [2.45, 2.75) is 11.2 Å². The molecule has 0 aliphatic heterocycles. The van der Waals surface area contributed by atoms with Gasteiger partial charge in [-0.3, -0.25) is 4.79 Å². The van der Waals surface area contributed by atoms with Crippen LogP contribution in [0.2, 0.25) is 10.0 Å². The highest BCUT2D eigenvalue weighted by Crippen LogP contribution is 2.33. The fraction of sp³-hybridized carbons (Fsp3) is 0.0667. The van der Waals surface area contributed by atoms with Gasteiger partial charge >= 0.3 is 6.18 Å². The van der Waals surface area contributed by atoms with E-state index in [4.69, 9.17) is 23.2 Å². The Morgan fingerprint density at radius 3 is 2.39 bits per heavy atom. The Bertz CT molecular complexity index is 745. The largest absolute Gasteiger partial charge is 0.417 e. The highest BCUT2D eigenvalue weighted by Gasteiger charge is 2.31. The molecule has 1 aromatic heterocycles. The first-order valence-electron chi connectivity index (χ1n) is 6.13. The Kier molecular flexibility index (Phi) is 5.73. The van der Waals surface area contributed by atoms with Crippen molar-refractivity contribution in [2.75, 3.05) is 0 Å². The van der Waals surface area contributed by atoms with Crippen LogP contribution in [0.15, 0.2) is 53.0 Å². The second-order valence-corrected chi connectivity index (χ2v) is 6.04. The number of benzene rings is 1. The Hall–Kier alpha value is -1.50. The molecule has 120 valence electrons. The molecular formula is C15H8Cl2F3NOS. The lowest BCUT2D eigenvalue weighted by Crippen LogP contribution is -2.05. The zero-order valence-corrected chi connectivity index (χ0v) is 13.6. The maximum atomic E-state index is 12.5. The number of pyridine rings is 1. The SMILES string of the molecule is O=C(C=CSc1ncc(C(F)(F)F)cc1Cl)c1ccc(Cl)cc1. The fourth-order valence-corrected chi connectivity index (χ4v) is 2.57. The lowest BCUT2D eigenvalue weighted by Gasteiger charge is -2.07. The molecule has 2 nitrogen and oxygen atoms in total. The van der Waals surface area contributed by atoms with Crippen LogP contribution in [0.25, 0.3) is 0 Å². The Morgan fingerprint density at radius 2 is 1.83 bits per heavy atom. The number of alkyl halides is 3. The van der Waals surface area contributed by atoms with E-state index in [2.05, 4.69) is 4.98 Å². The second kappa shape index (κ2) is 7.38. The van der Waals surface area contributed by atoms with E-state index < -0.39 is 11.7 Å². The standard InChI is InChI=1S/C15H8Cl2F3NOS/c16-11-3-1-9(2-4-11)13(22)5-6-23-14-12(17)7-10(8-21-14)15(18,19)20/h1-8H. The maximum Gasteiger partial charge on any atom is 0.417 e. The van der Waals surface area contributed by atoms with Gasteiger partial charge in [0.25, 0.3) is 0 Å². The van der Waals surface area contributed by atoms with Crippen LogP contribution < -0.4 is 0 Å². The van der Waals surface area contributed by atoms with Crippen LogP contribution in [0.1, 0.15) is 15.9 Å². The molecular weight excluding hydrogens is 370 g/mol. The number of rotatable bonds is 4. The first-order valence-corrected chi connectivity index (χ1v) is 7.77. The van der Waals surface area contributed by atoms with Gasteiger partial charge in [-0.05, 0) is 41.8 Å². The molecule has 0 amide bonds. The molecule has 1 aromatic carbocycles. The van der Waals surface area contributed by atoms with Gasteiger partial charge < -0.3 is 0 Å². The van der Waals surface area contributed by atoms with E-state index in [9.17, 15) is 18.0 Å². The highest BCUT2D eigenvalue weighted by atomic mass is 35.5. The summed E-state index contributed by atoms with van der Waals surface area (Å²) in [6.45, 7) is 0. The van der Waals surface area contributed by atoms with E-state index in [1.165, 1.54) is 11.5 Å². The molecule has 0 saturated heterocycles. The minimum absolute atomic E-state index is 0.131. The average molecular weight is 378 g/mol. The van der Waals surface area contributed by atoms with Gasteiger partial charge in [0.1, 0.15) is 5.03 Å². The van der Waals surface area contributed by atoms with Crippen molar-refractivity contribution in [3.8, 4) is 0 Å². The van der Waals surface area contributed by atoms with E-state index >= 15 is 0 Å². The van der Waals surface area contributed by atoms with Gasteiger partial charge in [-0.2, -0.15) is 13.2 Å². The number of thioether (sulfide) groups is 1. The Labute approximate surface area is 144 Å². The van der Waals surface area contributed by atoms with E-state index in [1.807, 2.05) is 0 Å². The number of halogens is 5. The fourth-order valence-electron chi connectivity index (χ4n) is 1.54. The Balaban J connectivity index is 2.05. The third kappa shape index (κ3) is 4.99.